The van der Waals surface area contributed by atoms with Gasteiger partial charge in [0.05, 0.1) is 23.2 Å². The number of fused-ring (bicyclic) bond motifs is 2. The third-order valence-corrected chi connectivity index (χ3v) is 7.69. The van der Waals surface area contributed by atoms with E-state index < -0.39 is 17.4 Å². The Morgan fingerprint density at radius 3 is 2.50 bits per heavy atom. The van der Waals surface area contributed by atoms with E-state index in [9.17, 15) is 9.90 Å². The fourth-order valence-corrected chi connectivity index (χ4v) is 6.22. The molecule has 2 atom stereocenters. The predicted octanol–water partition coefficient (Wildman–Crippen LogP) is 5.62. The van der Waals surface area contributed by atoms with Crippen LogP contribution in [0.15, 0.2) is 42.5 Å². The quantitative estimate of drug-likeness (QED) is 0.325. The zero-order valence-corrected chi connectivity index (χ0v) is 21.5. The summed E-state index contributed by atoms with van der Waals surface area (Å²) >= 11 is 0. The largest absolute Gasteiger partial charge is 0.507 e. The third kappa shape index (κ3) is 3.38. The van der Waals surface area contributed by atoms with Crippen molar-refractivity contribution in [2.75, 3.05) is 6.61 Å². The molecular weight excluding hydrogens is 460 g/mol. The molecule has 5 rings (SSSR count). The van der Waals surface area contributed by atoms with Crippen LogP contribution in [0, 0.1) is 10.8 Å². The third-order valence-electron chi connectivity index (χ3n) is 7.69. The highest BCUT2D eigenvalue weighted by molar-refractivity contribution is 5.82. The van der Waals surface area contributed by atoms with Gasteiger partial charge in [-0.15, -0.1) is 0 Å². The second kappa shape index (κ2) is 8.30. The first-order chi connectivity index (χ1) is 16.9. The SMILES string of the molecule is CC(C)(C)C12OOC1(c1ccc(-c3nc4ccccc4n3CCCCC(=O)O)c(O)c1)OCC2(C)C. The minimum Gasteiger partial charge on any atom is -0.507 e. The summed E-state index contributed by atoms with van der Waals surface area (Å²) < 4.78 is 8.34. The summed E-state index contributed by atoms with van der Waals surface area (Å²) in [5.41, 5.74) is 1.68. The molecule has 3 aromatic rings. The van der Waals surface area contributed by atoms with Crippen molar-refractivity contribution in [1.82, 2.24) is 9.55 Å². The van der Waals surface area contributed by atoms with Gasteiger partial charge >= 0.3 is 5.97 Å². The number of para-hydroxylation sites is 2. The molecule has 2 aromatic carbocycles. The standard InChI is InChI=1S/C28H34N2O6/c1-25(2,3)28-26(4,5)17-34-27(28,35-36-28)18-13-14-19(22(31)16-18)24-29-20-10-6-7-11-21(20)30(24)15-9-8-12-23(32)33/h6-7,10-11,13-14,16,31H,8-9,12,15,17H2,1-5H3,(H,32,33). The summed E-state index contributed by atoms with van der Waals surface area (Å²) in [4.78, 5) is 27.4. The number of ether oxygens (including phenoxy) is 1. The van der Waals surface area contributed by atoms with Crippen LogP contribution < -0.4 is 0 Å². The fourth-order valence-electron chi connectivity index (χ4n) is 6.22. The smallest absolute Gasteiger partial charge is 0.303 e. The average molecular weight is 495 g/mol. The number of rotatable bonds is 7. The number of carboxylic acid groups (broad SMARTS) is 1. The monoisotopic (exact) mass is 494 g/mol. The Labute approximate surface area is 210 Å². The van der Waals surface area contributed by atoms with E-state index in [4.69, 9.17) is 24.6 Å². The lowest BCUT2D eigenvalue weighted by Crippen LogP contribution is -2.73. The van der Waals surface area contributed by atoms with Gasteiger partial charge in [-0.2, -0.15) is 4.89 Å². The molecule has 192 valence electrons. The Hall–Kier alpha value is -2.94. The molecule has 3 heterocycles. The summed E-state index contributed by atoms with van der Waals surface area (Å²) in [6.45, 7) is 11.6. The minimum absolute atomic E-state index is 0.0654. The van der Waals surface area contributed by atoms with Crippen LogP contribution in [0.3, 0.4) is 0 Å². The number of nitrogens with zero attached hydrogens (tertiary/aromatic N) is 2. The van der Waals surface area contributed by atoms with Crippen LogP contribution in [0.2, 0.25) is 0 Å². The number of aliphatic carboxylic acids is 1. The Balaban J connectivity index is 1.54. The molecule has 0 aliphatic carbocycles. The lowest BCUT2D eigenvalue weighted by Gasteiger charge is -2.61. The van der Waals surface area contributed by atoms with Crippen molar-refractivity contribution in [2.24, 2.45) is 10.8 Å². The molecule has 2 unspecified atom stereocenters. The molecule has 2 fully saturated rings. The van der Waals surface area contributed by atoms with Crippen molar-refractivity contribution < 1.29 is 29.5 Å². The van der Waals surface area contributed by atoms with Gasteiger partial charge in [-0.05, 0) is 37.1 Å². The van der Waals surface area contributed by atoms with Crippen LogP contribution >= 0.6 is 0 Å². The first-order valence-electron chi connectivity index (χ1n) is 12.5. The maximum Gasteiger partial charge on any atom is 0.303 e. The number of carbonyl (C=O) groups is 1. The summed E-state index contributed by atoms with van der Waals surface area (Å²) in [5.74, 6) is -1.23. The summed E-state index contributed by atoms with van der Waals surface area (Å²) in [5, 5.41) is 20.2. The topological polar surface area (TPSA) is 103 Å². The van der Waals surface area contributed by atoms with Gasteiger partial charge in [-0.3, -0.25) is 4.79 Å². The van der Waals surface area contributed by atoms with Crippen LogP contribution in [0.5, 0.6) is 5.75 Å². The molecule has 1 aromatic heterocycles. The predicted molar refractivity (Wildman–Crippen MR) is 134 cm³/mol. The average Bonchev–Trinajstić information content (AvgIpc) is 3.20. The van der Waals surface area contributed by atoms with E-state index >= 15 is 0 Å². The number of phenols is 1. The number of benzene rings is 2. The summed E-state index contributed by atoms with van der Waals surface area (Å²) in [7, 11) is 0. The number of phenolic OH excluding ortho intramolecular Hbond substituents is 1. The van der Waals surface area contributed by atoms with Gasteiger partial charge < -0.3 is 19.5 Å². The van der Waals surface area contributed by atoms with E-state index in [1.165, 1.54) is 0 Å². The molecule has 2 aliphatic rings. The Bertz CT molecular complexity index is 1320. The van der Waals surface area contributed by atoms with Gasteiger partial charge in [-0.1, -0.05) is 52.8 Å². The fraction of sp³-hybridized carbons (Fsp3) is 0.500. The number of aromatic nitrogens is 2. The van der Waals surface area contributed by atoms with Crippen molar-refractivity contribution in [3.8, 4) is 17.1 Å². The maximum atomic E-state index is 11.3. The molecule has 8 heteroatoms. The summed E-state index contributed by atoms with van der Waals surface area (Å²) in [6, 6.07) is 13.2. The molecule has 2 saturated heterocycles. The van der Waals surface area contributed by atoms with Gasteiger partial charge in [0, 0.05) is 29.4 Å². The zero-order chi connectivity index (χ0) is 25.9. The highest BCUT2D eigenvalue weighted by Gasteiger charge is 2.81. The van der Waals surface area contributed by atoms with E-state index in [-0.39, 0.29) is 23.0 Å². The lowest BCUT2D eigenvalue weighted by atomic mass is 9.57. The number of hydrogen-bond donors (Lipinski definition) is 2. The number of unbranched alkanes of at least 4 members (excludes halogenated alkanes) is 1. The van der Waals surface area contributed by atoms with E-state index in [1.807, 2.05) is 41.0 Å². The molecule has 2 N–H and O–H groups in total. The molecule has 0 spiro atoms. The van der Waals surface area contributed by atoms with Gasteiger partial charge in [0.2, 0.25) is 0 Å². The van der Waals surface area contributed by atoms with E-state index in [0.29, 0.717) is 42.9 Å². The molecule has 0 saturated carbocycles. The van der Waals surface area contributed by atoms with Crippen LogP contribution in [0.25, 0.3) is 22.4 Å². The van der Waals surface area contributed by atoms with E-state index in [1.54, 1.807) is 6.07 Å². The lowest BCUT2D eigenvalue weighted by molar-refractivity contribution is -0.626. The normalized spacial score (nSPS) is 25.0. The van der Waals surface area contributed by atoms with Crippen LogP contribution in [0.4, 0.5) is 0 Å². The Morgan fingerprint density at radius 1 is 1.11 bits per heavy atom. The first kappa shape index (κ1) is 24.7. The second-order valence-corrected chi connectivity index (χ2v) is 11.5. The zero-order valence-electron chi connectivity index (χ0n) is 21.5. The number of carboxylic acids is 1. The van der Waals surface area contributed by atoms with Crippen LogP contribution in [-0.2, 0) is 31.6 Å². The van der Waals surface area contributed by atoms with Crippen molar-refractivity contribution in [2.45, 2.75) is 71.8 Å². The number of imidazole rings is 1. The highest BCUT2D eigenvalue weighted by atomic mass is 17.3. The van der Waals surface area contributed by atoms with Gasteiger partial charge in [0.25, 0.3) is 5.79 Å². The molecule has 0 bridgehead atoms. The maximum absolute atomic E-state index is 11.3. The van der Waals surface area contributed by atoms with Gasteiger partial charge in [-0.25, -0.2) is 9.87 Å². The van der Waals surface area contributed by atoms with E-state index in [0.717, 1.165) is 11.0 Å². The van der Waals surface area contributed by atoms with Gasteiger partial charge in [0.1, 0.15) is 11.6 Å². The Kier molecular flexibility index (Phi) is 5.70. The van der Waals surface area contributed by atoms with Crippen molar-refractivity contribution >= 4 is 17.0 Å². The molecule has 36 heavy (non-hydrogen) atoms. The van der Waals surface area contributed by atoms with E-state index in [2.05, 4.69) is 34.6 Å². The van der Waals surface area contributed by atoms with Crippen LogP contribution in [0.1, 0.15) is 59.4 Å². The van der Waals surface area contributed by atoms with Crippen molar-refractivity contribution in [1.29, 1.82) is 0 Å². The highest BCUT2D eigenvalue weighted by Crippen LogP contribution is 2.69. The number of hydrogen-bond acceptors (Lipinski definition) is 6. The molecule has 8 nitrogen and oxygen atoms in total. The number of aromatic hydroxyl groups is 1. The molecule has 2 aliphatic heterocycles. The number of aryl methyl sites for hydroxylation is 1. The first-order valence-corrected chi connectivity index (χ1v) is 12.5. The molecular formula is C28H34N2O6. The van der Waals surface area contributed by atoms with Crippen molar-refractivity contribution in [3.63, 3.8) is 0 Å². The van der Waals surface area contributed by atoms with Crippen molar-refractivity contribution in [3.05, 3.63) is 48.0 Å². The second-order valence-electron chi connectivity index (χ2n) is 11.5. The minimum atomic E-state index is -1.12. The van der Waals surface area contributed by atoms with Crippen LogP contribution in [-0.4, -0.2) is 37.9 Å². The molecule has 0 amide bonds. The summed E-state index contributed by atoms with van der Waals surface area (Å²) in [6.07, 6.45) is 1.37. The Morgan fingerprint density at radius 2 is 1.86 bits per heavy atom. The van der Waals surface area contributed by atoms with Gasteiger partial charge in [0.15, 0.2) is 5.60 Å². The molecule has 0 radical (unpaired) electrons.